The van der Waals surface area contributed by atoms with E-state index in [-0.39, 0.29) is 5.02 Å². The van der Waals surface area contributed by atoms with Gasteiger partial charge in [0.05, 0.1) is 11.2 Å². The lowest BCUT2D eigenvalue weighted by Crippen LogP contribution is -1.94. The van der Waals surface area contributed by atoms with Crippen LogP contribution in [-0.4, -0.2) is 14.4 Å². The van der Waals surface area contributed by atoms with Crippen LogP contribution in [0.3, 0.4) is 0 Å². The molecule has 3 aromatic rings. The average molecular weight is 263 g/mol. The molecule has 0 aliphatic heterocycles. The molecule has 0 atom stereocenters. The molecule has 0 aliphatic rings. The minimum Gasteiger partial charge on any atom is -0.383 e. The molecule has 18 heavy (non-hydrogen) atoms. The van der Waals surface area contributed by atoms with Crippen LogP contribution in [0.4, 0.5) is 10.2 Å². The van der Waals surface area contributed by atoms with Crippen LogP contribution in [0, 0.1) is 5.82 Å². The van der Waals surface area contributed by atoms with Crippen LogP contribution in [0.15, 0.2) is 36.8 Å². The van der Waals surface area contributed by atoms with Gasteiger partial charge >= 0.3 is 0 Å². The van der Waals surface area contributed by atoms with Crippen molar-refractivity contribution in [3.8, 4) is 11.3 Å². The first-order valence-corrected chi connectivity index (χ1v) is 5.57. The number of anilines is 1. The van der Waals surface area contributed by atoms with Crippen LogP contribution < -0.4 is 5.73 Å². The number of hydrogen-bond donors (Lipinski definition) is 1. The normalized spacial score (nSPS) is 11.0. The standard InChI is InChI=1S/C12H8ClFN4/c13-8-5-7(1-2-9(8)14)11-12(15)18-4-3-16-6-10(18)17-11/h1-6H,15H2. The second-order valence-corrected chi connectivity index (χ2v) is 4.19. The van der Waals surface area contributed by atoms with E-state index in [1.807, 2.05) is 0 Å². The largest absolute Gasteiger partial charge is 0.383 e. The van der Waals surface area contributed by atoms with Gasteiger partial charge in [0.25, 0.3) is 0 Å². The van der Waals surface area contributed by atoms with E-state index < -0.39 is 5.82 Å². The lowest BCUT2D eigenvalue weighted by Gasteiger charge is -2.00. The fraction of sp³-hybridized carbons (Fsp3) is 0. The van der Waals surface area contributed by atoms with Crippen LogP contribution in [0.25, 0.3) is 16.9 Å². The predicted molar refractivity (Wildman–Crippen MR) is 67.8 cm³/mol. The van der Waals surface area contributed by atoms with Crippen molar-refractivity contribution in [1.29, 1.82) is 0 Å². The van der Waals surface area contributed by atoms with Crippen molar-refractivity contribution in [2.75, 3.05) is 5.73 Å². The quantitative estimate of drug-likeness (QED) is 0.734. The topological polar surface area (TPSA) is 56.2 Å². The van der Waals surface area contributed by atoms with E-state index in [1.54, 1.807) is 29.1 Å². The maximum atomic E-state index is 13.1. The first-order chi connectivity index (χ1) is 8.66. The third-order valence-corrected chi connectivity index (χ3v) is 2.95. The van der Waals surface area contributed by atoms with Crippen LogP contribution in [-0.2, 0) is 0 Å². The highest BCUT2D eigenvalue weighted by atomic mass is 35.5. The minimum atomic E-state index is -0.468. The number of nitrogen functional groups attached to an aromatic ring is 1. The molecule has 0 saturated heterocycles. The number of aromatic nitrogens is 3. The van der Waals surface area contributed by atoms with Gasteiger partial charge < -0.3 is 5.73 Å². The zero-order valence-corrected chi connectivity index (χ0v) is 9.89. The SMILES string of the molecule is Nc1c(-c2ccc(F)c(Cl)c2)nc2cnccn12. The van der Waals surface area contributed by atoms with Gasteiger partial charge in [0.1, 0.15) is 17.3 Å². The summed E-state index contributed by atoms with van der Waals surface area (Å²) in [7, 11) is 0. The summed E-state index contributed by atoms with van der Waals surface area (Å²) < 4.78 is 14.8. The van der Waals surface area contributed by atoms with E-state index in [0.29, 0.717) is 22.7 Å². The Bertz CT molecular complexity index is 738. The Morgan fingerprint density at radius 1 is 1.33 bits per heavy atom. The van der Waals surface area contributed by atoms with E-state index in [2.05, 4.69) is 9.97 Å². The molecule has 90 valence electrons. The van der Waals surface area contributed by atoms with Crippen LogP contribution in [0.2, 0.25) is 5.02 Å². The van der Waals surface area contributed by atoms with Crippen LogP contribution in [0.1, 0.15) is 0 Å². The van der Waals surface area contributed by atoms with Crippen LogP contribution >= 0.6 is 11.6 Å². The summed E-state index contributed by atoms with van der Waals surface area (Å²) in [6.45, 7) is 0. The summed E-state index contributed by atoms with van der Waals surface area (Å²) in [6.07, 6.45) is 4.93. The first kappa shape index (κ1) is 11.0. The lowest BCUT2D eigenvalue weighted by atomic mass is 10.1. The van der Waals surface area contributed by atoms with Crippen molar-refractivity contribution in [1.82, 2.24) is 14.4 Å². The Hall–Kier alpha value is -2.14. The fourth-order valence-corrected chi connectivity index (χ4v) is 1.96. The number of nitrogens with two attached hydrogens (primary N) is 1. The Morgan fingerprint density at radius 3 is 2.89 bits per heavy atom. The van der Waals surface area contributed by atoms with Crippen molar-refractivity contribution in [2.45, 2.75) is 0 Å². The monoisotopic (exact) mass is 262 g/mol. The highest BCUT2D eigenvalue weighted by Crippen LogP contribution is 2.28. The van der Waals surface area contributed by atoms with Gasteiger partial charge in [0.15, 0.2) is 5.65 Å². The van der Waals surface area contributed by atoms with Gasteiger partial charge in [0, 0.05) is 18.0 Å². The summed E-state index contributed by atoms with van der Waals surface area (Å²) >= 11 is 5.75. The highest BCUT2D eigenvalue weighted by Gasteiger charge is 2.12. The Kier molecular flexibility index (Phi) is 2.41. The number of halogens is 2. The number of imidazole rings is 1. The van der Waals surface area contributed by atoms with Gasteiger partial charge in [-0.25, -0.2) is 9.37 Å². The molecule has 2 heterocycles. The molecule has 2 N–H and O–H groups in total. The number of benzene rings is 1. The third-order valence-electron chi connectivity index (χ3n) is 2.66. The fourth-order valence-electron chi connectivity index (χ4n) is 1.78. The molecule has 0 bridgehead atoms. The molecule has 0 radical (unpaired) electrons. The first-order valence-electron chi connectivity index (χ1n) is 5.20. The molecule has 0 amide bonds. The second-order valence-electron chi connectivity index (χ2n) is 3.78. The van der Waals surface area contributed by atoms with Gasteiger partial charge in [-0.1, -0.05) is 11.6 Å². The van der Waals surface area contributed by atoms with E-state index in [4.69, 9.17) is 17.3 Å². The zero-order valence-electron chi connectivity index (χ0n) is 9.14. The zero-order chi connectivity index (χ0) is 12.7. The number of rotatable bonds is 1. The Balaban J connectivity index is 2.25. The Morgan fingerprint density at radius 2 is 2.17 bits per heavy atom. The van der Waals surface area contributed by atoms with E-state index in [9.17, 15) is 4.39 Å². The highest BCUT2D eigenvalue weighted by molar-refractivity contribution is 6.31. The molecule has 0 aliphatic carbocycles. The summed E-state index contributed by atoms with van der Waals surface area (Å²) in [6, 6.07) is 4.38. The van der Waals surface area contributed by atoms with Gasteiger partial charge in [-0.05, 0) is 18.2 Å². The van der Waals surface area contributed by atoms with Gasteiger partial charge in [0.2, 0.25) is 0 Å². The molecule has 3 rings (SSSR count). The Labute approximate surface area is 107 Å². The minimum absolute atomic E-state index is 0.0436. The number of nitrogens with zero attached hydrogens (tertiary/aromatic N) is 3. The molecule has 2 aromatic heterocycles. The van der Waals surface area contributed by atoms with Gasteiger partial charge in [-0.15, -0.1) is 0 Å². The maximum absolute atomic E-state index is 13.1. The second kappa shape index (κ2) is 3.96. The summed E-state index contributed by atoms with van der Waals surface area (Å²) in [5.74, 6) is -0.000469. The summed E-state index contributed by atoms with van der Waals surface area (Å²) in [4.78, 5) is 8.32. The van der Waals surface area contributed by atoms with Gasteiger partial charge in [-0.2, -0.15) is 0 Å². The summed E-state index contributed by atoms with van der Waals surface area (Å²) in [5, 5.41) is 0.0436. The van der Waals surface area contributed by atoms with E-state index in [0.717, 1.165) is 0 Å². The van der Waals surface area contributed by atoms with Crippen molar-refractivity contribution in [3.05, 3.63) is 47.6 Å². The third kappa shape index (κ3) is 1.60. The van der Waals surface area contributed by atoms with Crippen molar-refractivity contribution in [3.63, 3.8) is 0 Å². The molecule has 0 unspecified atom stereocenters. The number of fused-ring (bicyclic) bond motifs is 1. The number of hydrogen-bond acceptors (Lipinski definition) is 3. The van der Waals surface area contributed by atoms with Crippen molar-refractivity contribution >= 4 is 23.1 Å². The molecular weight excluding hydrogens is 255 g/mol. The molecule has 1 aromatic carbocycles. The predicted octanol–water partition coefficient (Wildman–Crippen LogP) is 2.77. The average Bonchev–Trinajstić information content (AvgIpc) is 2.71. The molecule has 6 heteroatoms. The lowest BCUT2D eigenvalue weighted by molar-refractivity contribution is 0.628. The smallest absolute Gasteiger partial charge is 0.157 e. The molecular formula is C12H8ClFN4. The summed E-state index contributed by atoms with van der Waals surface area (Å²) in [5.41, 5.74) is 7.85. The molecule has 0 spiro atoms. The van der Waals surface area contributed by atoms with Crippen LogP contribution in [0.5, 0.6) is 0 Å². The van der Waals surface area contributed by atoms with E-state index in [1.165, 1.54) is 12.1 Å². The maximum Gasteiger partial charge on any atom is 0.157 e. The molecule has 0 fully saturated rings. The van der Waals surface area contributed by atoms with Crippen molar-refractivity contribution < 1.29 is 4.39 Å². The van der Waals surface area contributed by atoms with E-state index >= 15 is 0 Å². The molecule has 0 saturated carbocycles. The van der Waals surface area contributed by atoms with Gasteiger partial charge in [-0.3, -0.25) is 9.38 Å². The molecule has 4 nitrogen and oxygen atoms in total. The van der Waals surface area contributed by atoms with Crippen molar-refractivity contribution in [2.24, 2.45) is 0 Å².